The van der Waals surface area contributed by atoms with Crippen molar-refractivity contribution in [1.82, 2.24) is 0 Å². The van der Waals surface area contributed by atoms with E-state index in [1.807, 2.05) is 13.8 Å². The van der Waals surface area contributed by atoms with E-state index in [0.717, 1.165) is 25.7 Å². The predicted octanol–water partition coefficient (Wildman–Crippen LogP) is 5.53. The van der Waals surface area contributed by atoms with Crippen LogP contribution in [-0.2, 0) is 4.74 Å². The standard InChI is InChI=1S/C24H38O3.C2H6/c1-6-24(26)14-11-18-20-17(10-13-23(18,24)5)22(4)12-8-7-9-16(22)15-19(20)27-21(2,3)25;1-2/h1,16-20,25-26H,7-15H2,2-5H3;1-2H3. The zero-order valence-corrected chi connectivity index (χ0v) is 19.6. The van der Waals surface area contributed by atoms with Gasteiger partial charge in [-0.25, -0.2) is 0 Å². The van der Waals surface area contributed by atoms with Gasteiger partial charge in [0.05, 0.1) is 6.10 Å². The van der Waals surface area contributed by atoms with Gasteiger partial charge in [0.2, 0.25) is 0 Å². The topological polar surface area (TPSA) is 49.7 Å². The minimum Gasteiger partial charge on any atom is -0.377 e. The highest BCUT2D eigenvalue weighted by molar-refractivity contribution is 5.24. The maximum absolute atomic E-state index is 11.2. The average Bonchev–Trinajstić information content (AvgIpc) is 2.94. The number of fused-ring (bicyclic) bond motifs is 5. The van der Waals surface area contributed by atoms with Crippen molar-refractivity contribution >= 4 is 0 Å². The summed E-state index contributed by atoms with van der Waals surface area (Å²) >= 11 is 0. The molecule has 4 aliphatic rings. The molecular weight excluding hydrogens is 360 g/mol. The van der Waals surface area contributed by atoms with E-state index in [1.54, 1.807) is 13.8 Å². The van der Waals surface area contributed by atoms with Gasteiger partial charge >= 0.3 is 0 Å². The first-order chi connectivity index (χ1) is 13.5. The molecule has 4 aliphatic carbocycles. The number of terminal acetylenes is 1. The lowest BCUT2D eigenvalue weighted by atomic mass is 9.44. The second kappa shape index (κ2) is 7.85. The maximum atomic E-state index is 11.2. The molecule has 8 atom stereocenters. The fourth-order valence-corrected chi connectivity index (χ4v) is 7.98. The Bertz CT molecular complexity index is 631. The van der Waals surface area contributed by atoms with Crippen molar-refractivity contribution in [2.24, 2.45) is 34.5 Å². The van der Waals surface area contributed by atoms with Gasteiger partial charge in [0.1, 0.15) is 5.60 Å². The van der Waals surface area contributed by atoms with Gasteiger partial charge in [-0.2, -0.15) is 0 Å². The van der Waals surface area contributed by atoms with E-state index in [9.17, 15) is 10.2 Å². The van der Waals surface area contributed by atoms with Crippen LogP contribution in [-0.4, -0.2) is 27.7 Å². The summed E-state index contributed by atoms with van der Waals surface area (Å²) in [7, 11) is 0. The number of hydrogen-bond acceptors (Lipinski definition) is 3. The van der Waals surface area contributed by atoms with Gasteiger partial charge in [-0.15, -0.1) is 6.42 Å². The third-order valence-corrected chi connectivity index (χ3v) is 9.41. The van der Waals surface area contributed by atoms with Crippen molar-refractivity contribution < 1.29 is 14.9 Å². The number of aliphatic hydroxyl groups is 2. The SMILES string of the molecule is C#CC1(O)CCC2C3C(OC(C)(C)O)CC4CCCCC4(C)C3CCC21C.CC. The van der Waals surface area contributed by atoms with Gasteiger partial charge < -0.3 is 14.9 Å². The number of rotatable bonds is 2. The Morgan fingerprint density at radius 3 is 2.28 bits per heavy atom. The molecule has 0 radical (unpaired) electrons. The minimum atomic E-state index is -1.12. The molecule has 4 fully saturated rings. The van der Waals surface area contributed by atoms with Gasteiger partial charge in [-0.05, 0) is 87.9 Å². The summed E-state index contributed by atoms with van der Waals surface area (Å²) in [6, 6.07) is 0. The Hall–Kier alpha value is -0.560. The van der Waals surface area contributed by atoms with Crippen LogP contribution in [0.5, 0.6) is 0 Å². The predicted molar refractivity (Wildman–Crippen MR) is 118 cm³/mol. The molecule has 0 heterocycles. The first kappa shape index (κ1) is 23.1. The molecule has 0 aromatic heterocycles. The zero-order valence-electron chi connectivity index (χ0n) is 19.6. The van der Waals surface area contributed by atoms with E-state index in [2.05, 4.69) is 19.8 Å². The molecule has 3 heteroatoms. The van der Waals surface area contributed by atoms with Crippen LogP contribution in [0.3, 0.4) is 0 Å². The minimum absolute atomic E-state index is 0.0657. The zero-order chi connectivity index (χ0) is 21.7. The Labute approximate surface area is 179 Å². The summed E-state index contributed by atoms with van der Waals surface area (Å²) in [5.74, 6) is 3.72. The summed E-state index contributed by atoms with van der Waals surface area (Å²) in [5, 5.41) is 21.7. The quantitative estimate of drug-likeness (QED) is 0.470. The molecule has 29 heavy (non-hydrogen) atoms. The normalized spacial score (nSPS) is 49.0. The molecule has 8 unspecified atom stereocenters. The lowest BCUT2D eigenvalue weighted by Crippen LogP contribution is -2.60. The van der Waals surface area contributed by atoms with Crippen LogP contribution >= 0.6 is 0 Å². The summed E-state index contributed by atoms with van der Waals surface area (Å²) in [4.78, 5) is 0. The van der Waals surface area contributed by atoms with Gasteiger partial charge in [0.25, 0.3) is 0 Å². The monoisotopic (exact) mass is 404 g/mol. The van der Waals surface area contributed by atoms with Crippen LogP contribution in [0.25, 0.3) is 0 Å². The molecular formula is C26H44O3. The third-order valence-electron chi connectivity index (χ3n) is 9.41. The molecule has 4 rings (SSSR count). The first-order valence-electron chi connectivity index (χ1n) is 12.1. The lowest BCUT2D eigenvalue weighted by molar-refractivity contribution is -0.266. The van der Waals surface area contributed by atoms with E-state index in [0.29, 0.717) is 35.5 Å². The Morgan fingerprint density at radius 2 is 1.66 bits per heavy atom. The molecule has 0 aliphatic heterocycles. The van der Waals surface area contributed by atoms with Crippen molar-refractivity contribution in [1.29, 1.82) is 0 Å². The Kier molecular flexibility index (Phi) is 6.25. The smallest absolute Gasteiger partial charge is 0.160 e. The largest absolute Gasteiger partial charge is 0.377 e. The molecule has 0 aromatic carbocycles. The molecule has 0 amide bonds. The highest BCUT2D eigenvalue weighted by Gasteiger charge is 2.66. The third kappa shape index (κ3) is 3.58. The molecule has 0 saturated heterocycles. The van der Waals surface area contributed by atoms with Crippen molar-refractivity contribution in [2.45, 2.75) is 117 Å². The van der Waals surface area contributed by atoms with E-state index >= 15 is 0 Å². The average molecular weight is 405 g/mol. The molecule has 2 N–H and O–H groups in total. The Balaban J connectivity index is 0.00000117. The highest BCUT2D eigenvalue weighted by atomic mass is 16.6. The van der Waals surface area contributed by atoms with Crippen molar-refractivity contribution in [2.75, 3.05) is 0 Å². The fraction of sp³-hybridized carbons (Fsp3) is 0.923. The summed E-state index contributed by atoms with van der Waals surface area (Å²) in [6.45, 7) is 12.3. The van der Waals surface area contributed by atoms with Crippen LogP contribution in [0, 0.1) is 46.8 Å². The molecule has 0 bridgehead atoms. The number of hydrogen-bond donors (Lipinski definition) is 2. The highest BCUT2D eigenvalue weighted by Crippen LogP contribution is 2.68. The maximum Gasteiger partial charge on any atom is 0.160 e. The molecule has 3 nitrogen and oxygen atoms in total. The lowest BCUT2D eigenvalue weighted by Gasteiger charge is -2.63. The van der Waals surface area contributed by atoms with Crippen LogP contribution in [0.4, 0.5) is 0 Å². The molecule has 0 spiro atoms. The van der Waals surface area contributed by atoms with E-state index in [1.165, 1.54) is 25.7 Å². The van der Waals surface area contributed by atoms with Crippen molar-refractivity contribution in [3.63, 3.8) is 0 Å². The van der Waals surface area contributed by atoms with Gasteiger partial charge in [-0.3, -0.25) is 0 Å². The van der Waals surface area contributed by atoms with Crippen LogP contribution < -0.4 is 0 Å². The van der Waals surface area contributed by atoms with Gasteiger partial charge in [-0.1, -0.05) is 46.5 Å². The van der Waals surface area contributed by atoms with E-state index < -0.39 is 11.4 Å². The van der Waals surface area contributed by atoms with Gasteiger partial charge in [0.15, 0.2) is 5.79 Å². The summed E-state index contributed by atoms with van der Waals surface area (Å²) in [6.07, 6.45) is 16.0. The number of ether oxygens (including phenoxy) is 1. The first-order valence-corrected chi connectivity index (χ1v) is 12.1. The van der Waals surface area contributed by atoms with E-state index in [-0.39, 0.29) is 11.5 Å². The summed E-state index contributed by atoms with van der Waals surface area (Å²) < 4.78 is 6.32. The second-order valence-corrected chi connectivity index (χ2v) is 11.1. The Morgan fingerprint density at radius 1 is 1.00 bits per heavy atom. The van der Waals surface area contributed by atoms with Gasteiger partial charge in [0, 0.05) is 5.41 Å². The van der Waals surface area contributed by atoms with Crippen LogP contribution in [0.2, 0.25) is 0 Å². The van der Waals surface area contributed by atoms with E-state index in [4.69, 9.17) is 11.2 Å². The molecule has 166 valence electrons. The molecule has 4 saturated carbocycles. The van der Waals surface area contributed by atoms with Crippen molar-refractivity contribution in [3.05, 3.63) is 0 Å². The second-order valence-electron chi connectivity index (χ2n) is 11.1. The van der Waals surface area contributed by atoms with Crippen LogP contribution in [0.1, 0.15) is 99.3 Å². The fourth-order valence-electron chi connectivity index (χ4n) is 7.98. The van der Waals surface area contributed by atoms with Crippen LogP contribution in [0.15, 0.2) is 0 Å². The van der Waals surface area contributed by atoms with Crippen molar-refractivity contribution in [3.8, 4) is 12.3 Å². The molecule has 0 aromatic rings. The summed E-state index contributed by atoms with van der Waals surface area (Å²) in [5.41, 5.74) is -0.852.